The predicted octanol–water partition coefficient (Wildman–Crippen LogP) is 4.43. The molecule has 11 heteroatoms. The Bertz CT molecular complexity index is 1530. The number of fused-ring (bicyclic) bond motifs is 1. The summed E-state index contributed by atoms with van der Waals surface area (Å²) in [5, 5.41) is 0.520. The average Bonchev–Trinajstić information content (AvgIpc) is 2.93. The van der Waals surface area contributed by atoms with E-state index in [0.717, 1.165) is 24.8 Å². The monoisotopic (exact) mass is 596 g/mol. The molecule has 2 aromatic carbocycles. The van der Waals surface area contributed by atoms with E-state index in [9.17, 15) is 18.0 Å². The van der Waals surface area contributed by atoms with Crippen molar-refractivity contribution in [2.45, 2.75) is 63.3 Å². The number of sulfonamides is 1. The standard InChI is InChI=1S/C30H33ClN4O5S/c1-19-8-7-9-22(32-19)18-40-33-29(36)27-23-10-3-4-11-24(23)30(37)35(28(27)20-14-16-21(31)17-15-20)26-13-6-5-12-25(26)34-41(2,38)39/h3-4,7-11,14-17,25-28,34H,5-6,12-13,18H2,1-2H3,(H,33,36)/t25-,26-,27+,28-/m0/s1. The van der Waals surface area contributed by atoms with Gasteiger partial charge >= 0.3 is 0 Å². The van der Waals surface area contributed by atoms with Gasteiger partial charge in [0.15, 0.2) is 0 Å². The van der Waals surface area contributed by atoms with Crippen molar-refractivity contribution in [1.82, 2.24) is 20.1 Å². The molecule has 5 rings (SSSR count). The molecule has 1 aliphatic carbocycles. The van der Waals surface area contributed by atoms with Crippen molar-refractivity contribution in [2.75, 3.05) is 6.26 Å². The van der Waals surface area contributed by atoms with E-state index in [0.29, 0.717) is 40.2 Å². The first kappa shape index (κ1) is 29.2. The number of halogens is 1. The number of rotatable bonds is 8. The van der Waals surface area contributed by atoms with Crippen molar-refractivity contribution in [1.29, 1.82) is 0 Å². The largest absolute Gasteiger partial charge is 0.326 e. The fourth-order valence-electron chi connectivity index (χ4n) is 5.99. The summed E-state index contributed by atoms with van der Waals surface area (Å²) in [6.07, 6.45) is 3.96. The molecule has 1 saturated carbocycles. The maximum Gasteiger partial charge on any atom is 0.255 e. The average molecular weight is 597 g/mol. The first-order chi connectivity index (χ1) is 19.6. The molecule has 2 heterocycles. The van der Waals surface area contributed by atoms with Crippen molar-refractivity contribution < 1.29 is 22.8 Å². The zero-order valence-corrected chi connectivity index (χ0v) is 24.5. The lowest BCUT2D eigenvalue weighted by Gasteiger charge is -2.49. The molecule has 41 heavy (non-hydrogen) atoms. The number of aromatic nitrogens is 1. The van der Waals surface area contributed by atoms with Gasteiger partial charge in [0.25, 0.3) is 11.8 Å². The first-order valence-electron chi connectivity index (χ1n) is 13.6. The van der Waals surface area contributed by atoms with E-state index in [1.54, 1.807) is 53.4 Å². The third kappa shape index (κ3) is 6.62. The van der Waals surface area contributed by atoms with Crippen LogP contribution < -0.4 is 10.2 Å². The molecule has 1 aliphatic heterocycles. The molecule has 3 aromatic rings. The van der Waals surface area contributed by atoms with Crippen molar-refractivity contribution in [2.24, 2.45) is 0 Å². The molecule has 1 fully saturated rings. The Balaban J connectivity index is 1.56. The van der Waals surface area contributed by atoms with Crippen LogP contribution in [-0.2, 0) is 26.3 Å². The van der Waals surface area contributed by atoms with E-state index in [2.05, 4.69) is 15.2 Å². The Morgan fingerprint density at radius 3 is 2.51 bits per heavy atom. The summed E-state index contributed by atoms with van der Waals surface area (Å²) >= 11 is 6.22. The van der Waals surface area contributed by atoms with Gasteiger partial charge in [-0.3, -0.25) is 19.4 Å². The lowest BCUT2D eigenvalue weighted by atomic mass is 9.76. The Labute approximate surface area is 245 Å². The SMILES string of the molecule is Cc1cccc(CONC(=O)[C@@H]2c3ccccc3C(=O)N([C@H]3CCCC[C@@H]3NS(C)(=O)=O)[C@H]2c2ccc(Cl)cc2)n1. The lowest BCUT2D eigenvalue weighted by molar-refractivity contribution is -0.138. The second-order valence-corrected chi connectivity index (χ2v) is 12.9. The van der Waals surface area contributed by atoms with Gasteiger partial charge in [0.1, 0.15) is 6.61 Å². The second-order valence-electron chi connectivity index (χ2n) is 10.6. The van der Waals surface area contributed by atoms with E-state index in [1.165, 1.54) is 0 Å². The Morgan fingerprint density at radius 2 is 1.78 bits per heavy atom. The normalized spacial score (nSPS) is 22.7. The predicted molar refractivity (Wildman–Crippen MR) is 155 cm³/mol. The maximum atomic E-state index is 14.2. The minimum Gasteiger partial charge on any atom is -0.326 e. The summed E-state index contributed by atoms with van der Waals surface area (Å²) in [5.74, 6) is -1.51. The quantitative estimate of drug-likeness (QED) is 0.372. The summed E-state index contributed by atoms with van der Waals surface area (Å²) in [7, 11) is -3.54. The number of benzene rings is 2. The highest BCUT2D eigenvalue weighted by Crippen LogP contribution is 2.46. The minimum atomic E-state index is -3.54. The molecule has 9 nitrogen and oxygen atoms in total. The number of nitrogens with zero attached hydrogens (tertiary/aromatic N) is 2. The molecule has 2 N–H and O–H groups in total. The number of hydroxylamine groups is 1. The smallest absolute Gasteiger partial charge is 0.255 e. The van der Waals surface area contributed by atoms with Crippen LogP contribution in [0.5, 0.6) is 0 Å². The third-order valence-corrected chi connectivity index (χ3v) is 8.64. The number of hydrogen-bond acceptors (Lipinski definition) is 6. The Morgan fingerprint density at radius 1 is 1.05 bits per heavy atom. The van der Waals surface area contributed by atoms with Crippen LogP contribution in [0.2, 0.25) is 5.02 Å². The van der Waals surface area contributed by atoms with Crippen LogP contribution in [0, 0.1) is 6.92 Å². The van der Waals surface area contributed by atoms with E-state index in [4.69, 9.17) is 16.4 Å². The van der Waals surface area contributed by atoms with Gasteiger partial charge < -0.3 is 4.90 Å². The highest BCUT2D eigenvalue weighted by Gasteiger charge is 2.49. The van der Waals surface area contributed by atoms with Crippen LogP contribution >= 0.6 is 11.6 Å². The van der Waals surface area contributed by atoms with Gasteiger partial charge in [0.2, 0.25) is 10.0 Å². The van der Waals surface area contributed by atoms with Crippen molar-refractivity contribution in [3.63, 3.8) is 0 Å². The fourth-order valence-corrected chi connectivity index (χ4v) is 6.95. The molecule has 0 spiro atoms. The molecule has 2 amide bonds. The van der Waals surface area contributed by atoms with Crippen LogP contribution in [0.15, 0.2) is 66.7 Å². The molecular formula is C30H33ClN4O5S. The number of aryl methyl sites for hydroxylation is 1. The molecule has 0 saturated heterocycles. The van der Waals surface area contributed by atoms with Gasteiger partial charge in [-0.05, 0) is 61.2 Å². The summed E-state index contributed by atoms with van der Waals surface area (Å²) < 4.78 is 27.4. The highest BCUT2D eigenvalue weighted by molar-refractivity contribution is 7.88. The van der Waals surface area contributed by atoms with Crippen LogP contribution in [-0.4, -0.2) is 48.5 Å². The minimum absolute atomic E-state index is 0.0685. The zero-order chi connectivity index (χ0) is 29.1. The second kappa shape index (κ2) is 12.3. The number of carbonyl (C=O) groups is 2. The number of amides is 2. The number of hydrogen-bond donors (Lipinski definition) is 2. The van der Waals surface area contributed by atoms with Gasteiger partial charge in [-0.25, -0.2) is 18.6 Å². The van der Waals surface area contributed by atoms with Gasteiger partial charge in [-0.2, -0.15) is 0 Å². The Kier molecular flexibility index (Phi) is 8.74. The molecule has 4 atom stereocenters. The summed E-state index contributed by atoms with van der Waals surface area (Å²) in [6.45, 7) is 1.94. The van der Waals surface area contributed by atoms with E-state index < -0.39 is 40.0 Å². The van der Waals surface area contributed by atoms with Crippen LogP contribution in [0.1, 0.15) is 70.5 Å². The molecule has 0 unspecified atom stereocenters. The van der Waals surface area contributed by atoms with Crippen molar-refractivity contribution in [3.8, 4) is 0 Å². The van der Waals surface area contributed by atoms with Crippen molar-refractivity contribution in [3.05, 3.63) is 99.8 Å². The lowest BCUT2D eigenvalue weighted by Crippen LogP contribution is -2.59. The van der Waals surface area contributed by atoms with Crippen LogP contribution in [0.25, 0.3) is 0 Å². The first-order valence-corrected chi connectivity index (χ1v) is 15.9. The topological polar surface area (TPSA) is 118 Å². The summed E-state index contributed by atoms with van der Waals surface area (Å²) in [5.41, 5.74) is 5.79. The maximum absolute atomic E-state index is 14.2. The number of nitrogens with one attached hydrogen (secondary N) is 2. The molecule has 216 valence electrons. The van der Waals surface area contributed by atoms with E-state index >= 15 is 0 Å². The molecule has 2 aliphatic rings. The van der Waals surface area contributed by atoms with Gasteiger partial charge in [-0.15, -0.1) is 0 Å². The van der Waals surface area contributed by atoms with Gasteiger partial charge in [0.05, 0.1) is 23.9 Å². The Hall–Kier alpha value is -3.31. The fraction of sp³-hybridized carbons (Fsp3) is 0.367. The molecule has 1 aromatic heterocycles. The number of carbonyl (C=O) groups excluding carboxylic acids is 2. The molecule has 0 radical (unpaired) electrons. The van der Waals surface area contributed by atoms with Crippen molar-refractivity contribution >= 4 is 33.4 Å². The van der Waals surface area contributed by atoms with Crippen LogP contribution in [0.4, 0.5) is 0 Å². The molecule has 0 bridgehead atoms. The number of pyridine rings is 1. The van der Waals surface area contributed by atoms with Crippen LogP contribution in [0.3, 0.4) is 0 Å². The highest BCUT2D eigenvalue weighted by atomic mass is 35.5. The van der Waals surface area contributed by atoms with E-state index in [1.807, 2.05) is 25.1 Å². The summed E-state index contributed by atoms with van der Waals surface area (Å²) in [4.78, 5) is 40.0. The third-order valence-electron chi connectivity index (χ3n) is 7.66. The summed E-state index contributed by atoms with van der Waals surface area (Å²) in [6, 6.07) is 18.0. The van der Waals surface area contributed by atoms with Gasteiger partial charge in [0, 0.05) is 28.4 Å². The van der Waals surface area contributed by atoms with E-state index in [-0.39, 0.29) is 12.5 Å². The zero-order valence-electron chi connectivity index (χ0n) is 22.9. The van der Waals surface area contributed by atoms with Gasteiger partial charge in [-0.1, -0.05) is 60.8 Å². The molecular weight excluding hydrogens is 564 g/mol.